The molecule has 1 atom stereocenters. The first kappa shape index (κ1) is 6.35. The van der Waals surface area contributed by atoms with E-state index >= 15 is 0 Å². The van der Waals surface area contributed by atoms with Gasteiger partial charge >= 0.3 is 6.03 Å². The van der Waals surface area contributed by atoms with Crippen LogP contribution in [0.4, 0.5) is 4.79 Å². The van der Waals surface area contributed by atoms with Gasteiger partial charge in [-0.15, -0.1) is 0 Å². The van der Waals surface area contributed by atoms with Gasteiger partial charge in [-0.2, -0.15) is 0 Å². The van der Waals surface area contributed by atoms with Gasteiger partial charge in [-0.3, -0.25) is 9.69 Å². The summed E-state index contributed by atoms with van der Waals surface area (Å²) in [5, 5.41) is 2.22. The molecule has 1 aliphatic heterocycles. The number of imide groups is 1. The van der Waals surface area contributed by atoms with Gasteiger partial charge in [0.15, 0.2) is 5.50 Å². The minimum Gasteiger partial charge on any atom is -0.313 e. The third-order valence-corrected chi connectivity index (χ3v) is 1.40. The lowest BCUT2D eigenvalue weighted by atomic mass is 10.6. The Kier molecular flexibility index (Phi) is 1.32. The molecule has 1 N–H and O–H groups in total. The summed E-state index contributed by atoms with van der Waals surface area (Å²) in [6.07, 6.45) is 0. The minimum atomic E-state index is -0.873. The molecule has 0 radical (unpaired) electrons. The van der Waals surface area contributed by atoms with Gasteiger partial charge in [0.1, 0.15) is 0 Å². The zero-order valence-corrected chi connectivity index (χ0v) is 5.47. The molecule has 0 bridgehead atoms. The summed E-state index contributed by atoms with van der Waals surface area (Å²) >= 11 is 5.33. The molecule has 0 aromatic rings. The highest BCUT2D eigenvalue weighted by atomic mass is 35.5. The Morgan fingerprint density at radius 3 is 2.33 bits per heavy atom. The molecule has 9 heavy (non-hydrogen) atoms. The van der Waals surface area contributed by atoms with Gasteiger partial charge < -0.3 is 5.32 Å². The Hall–Kier alpha value is -0.770. The number of amides is 3. The fraction of sp³-hybridized carbons (Fsp3) is 0.500. The van der Waals surface area contributed by atoms with E-state index in [4.69, 9.17) is 11.6 Å². The quantitative estimate of drug-likeness (QED) is 0.292. The summed E-state index contributed by atoms with van der Waals surface area (Å²) < 4.78 is 0. The van der Waals surface area contributed by atoms with Crippen molar-refractivity contribution in [2.45, 2.75) is 5.50 Å². The summed E-state index contributed by atoms with van der Waals surface area (Å²) in [5.41, 5.74) is -0.873. The molecule has 1 rings (SSSR count). The Morgan fingerprint density at radius 2 is 2.22 bits per heavy atom. The molecule has 1 heterocycles. The number of likely N-dealkylation sites (N-methyl/N-ethyl adjacent to an activating group) is 1. The first-order chi connectivity index (χ1) is 4.13. The number of nitrogens with one attached hydrogen (secondary N) is 1. The lowest BCUT2D eigenvalue weighted by molar-refractivity contribution is -0.124. The van der Waals surface area contributed by atoms with E-state index in [-0.39, 0.29) is 0 Å². The first-order valence-electron chi connectivity index (χ1n) is 2.35. The standard InChI is InChI=1S/C4H5ClN2O2/c1-7-3(8)2(5)6-4(7)9/h2H,1H3,(H,6,9). The van der Waals surface area contributed by atoms with Crippen LogP contribution < -0.4 is 5.32 Å². The van der Waals surface area contributed by atoms with Crippen molar-refractivity contribution in [3.63, 3.8) is 0 Å². The van der Waals surface area contributed by atoms with Crippen molar-refractivity contribution >= 4 is 23.5 Å². The van der Waals surface area contributed by atoms with Gasteiger partial charge in [0.25, 0.3) is 5.91 Å². The van der Waals surface area contributed by atoms with Crippen molar-refractivity contribution in [2.75, 3.05) is 7.05 Å². The number of nitrogens with zero attached hydrogens (tertiary/aromatic N) is 1. The normalized spacial score (nSPS) is 26.9. The first-order valence-corrected chi connectivity index (χ1v) is 2.78. The van der Waals surface area contributed by atoms with Crippen molar-refractivity contribution in [1.29, 1.82) is 0 Å². The van der Waals surface area contributed by atoms with Crippen molar-refractivity contribution in [2.24, 2.45) is 0 Å². The van der Waals surface area contributed by atoms with E-state index < -0.39 is 17.4 Å². The summed E-state index contributed by atoms with van der Waals surface area (Å²) in [5.74, 6) is -0.401. The van der Waals surface area contributed by atoms with E-state index in [2.05, 4.69) is 5.32 Å². The number of alkyl halides is 1. The van der Waals surface area contributed by atoms with Crippen molar-refractivity contribution < 1.29 is 9.59 Å². The summed E-state index contributed by atoms with van der Waals surface area (Å²) in [6.45, 7) is 0. The number of carbonyl (C=O) groups is 2. The molecule has 0 spiro atoms. The number of hydrogen-bond acceptors (Lipinski definition) is 2. The number of urea groups is 1. The molecule has 4 nitrogen and oxygen atoms in total. The van der Waals surface area contributed by atoms with Crippen LogP contribution in [0.15, 0.2) is 0 Å². The maximum absolute atomic E-state index is 10.6. The molecule has 0 aromatic carbocycles. The molecular formula is C4H5ClN2O2. The van der Waals surface area contributed by atoms with Gasteiger partial charge in [0.05, 0.1) is 0 Å². The van der Waals surface area contributed by atoms with Gasteiger partial charge in [-0.1, -0.05) is 11.6 Å². The lowest BCUT2D eigenvalue weighted by Gasteiger charge is -1.99. The molecule has 1 saturated heterocycles. The third kappa shape index (κ3) is 0.853. The predicted molar refractivity (Wildman–Crippen MR) is 30.9 cm³/mol. The molecule has 0 aromatic heterocycles. The smallest absolute Gasteiger partial charge is 0.313 e. The highest BCUT2D eigenvalue weighted by Crippen LogP contribution is 2.05. The van der Waals surface area contributed by atoms with E-state index in [1.54, 1.807) is 0 Å². The lowest BCUT2D eigenvalue weighted by Crippen LogP contribution is -2.25. The van der Waals surface area contributed by atoms with E-state index in [1.165, 1.54) is 7.05 Å². The van der Waals surface area contributed by atoms with Crippen LogP contribution in [0.1, 0.15) is 0 Å². The van der Waals surface area contributed by atoms with E-state index in [0.717, 1.165) is 4.90 Å². The third-order valence-electron chi connectivity index (χ3n) is 1.10. The van der Waals surface area contributed by atoms with Crippen molar-refractivity contribution in [3.05, 3.63) is 0 Å². The van der Waals surface area contributed by atoms with Crippen LogP contribution in [0.2, 0.25) is 0 Å². The number of carbonyl (C=O) groups excluding carboxylic acids is 2. The Bertz CT molecular complexity index is 170. The molecular weight excluding hydrogens is 144 g/mol. The predicted octanol–water partition coefficient (Wildman–Crippen LogP) is -0.267. The fourth-order valence-electron chi connectivity index (χ4n) is 0.537. The zero-order valence-electron chi connectivity index (χ0n) is 4.72. The Balaban J connectivity index is 2.77. The molecule has 5 heteroatoms. The molecule has 3 amide bonds. The number of rotatable bonds is 0. The summed E-state index contributed by atoms with van der Waals surface area (Å²) in [6, 6.07) is -0.444. The average Bonchev–Trinajstić information content (AvgIpc) is 1.98. The molecule has 0 aliphatic carbocycles. The van der Waals surface area contributed by atoms with Crippen LogP contribution in [-0.2, 0) is 4.79 Å². The Morgan fingerprint density at radius 1 is 1.67 bits per heavy atom. The highest BCUT2D eigenvalue weighted by molar-refractivity contribution is 6.34. The summed E-state index contributed by atoms with van der Waals surface area (Å²) in [7, 11) is 1.38. The van der Waals surface area contributed by atoms with Gasteiger partial charge in [0, 0.05) is 7.05 Å². The minimum absolute atomic E-state index is 0.401. The molecule has 1 aliphatic rings. The zero-order chi connectivity index (χ0) is 7.02. The maximum atomic E-state index is 10.6. The second-order valence-electron chi connectivity index (χ2n) is 1.71. The number of hydrogen-bond donors (Lipinski definition) is 1. The van der Waals surface area contributed by atoms with E-state index in [9.17, 15) is 9.59 Å². The maximum Gasteiger partial charge on any atom is 0.325 e. The second-order valence-corrected chi connectivity index (χ2v) is 2.15. The van der Waals surface area contributed by atoms with Crippen LogP contribution in [0.25, 0.3) is 0 Å². The molecule has 1 unspecified atom stereocenters. The van der Waals surface area contributed by atoms with Crippen LogP contribution in [-0.4, -0.2) is 29.4 Å². The monoisotopic (exact) mass is 148 g/mol. The number of halogens is 1. The SMILES string of the molecule is CN1C(=O)NC(Cl)C1=O. The van der Waals surface area contributed by atoms with E-state index in [1.807, 2.05) is 0 Å². The van der Waals surface area contributed by atoms with Gasteiger partial charge in [-0.25, -0.2) is 4.79 Å². The van der Waals surface area contributed by atoms with Crippen LogP contribution in [0.3, 0.4) is 0 Å². The largest absolute Gasteiger partial charge is 0.325 e. The fourth-order valence-corrected chi connectivity index (χ4v) is 0.777. The van der Waals surface area contributed by atoms with Gasteiger partial charge in [0.2, 0.25) is 0 Å². The summed E-state index contributed by atoms with van der Waals surface area (Å²) in [4.78, 5) is 22.1. The molecule has 0 saturated carbocycles. The van der Waals surface area contributed by atoms with E-state index in [0.29, 0.717) is 0 Å². The Labute approximate surface area is 56.8 Å². The molecule has 50 valence electrons. The van der Waals surface area contributed by atoms with Crippen molar-refractivity contribution in [1.82, 2.24) is 10.2 Å². The molecule has 1 fully saturated rings. The van der Waals surface area contributed by atoms with Gasteiger partial charge in [-0.05, 0) is 0 Å². The highest BCUT2D eigenvalue weighted by Gasteiger charge is 2.33. The van der Waals surface area contributed by atoms with Crippen molar-refractivity contribution in [3.8, 4) is 0 Å². The average molecular weight is 149 g/mol. The topological polar surface area (TPSA) is 49.4 Å². The van der Waals surface area contributed by atoms with Crippen LogP contribution in [0, 0.1) is 0 Å². The second kappa shape index (κ2) is 1.88. The van der Waals surface area contributed by atoms with Crippen LogP contribution in [0.5, 0.6) is 0 Å². The van der Waals surface area contributed by atoms with Crippen LogP contribution >= 0.6 is 11.6 Å².